The van der Waals surface area contributed by atoms with Gasteiger partial charge in [0.1, 0.15) is 0 Å². The van der Waals surface area contributed by atoms with Crippen LogP contribution in [0.1, 0.15) is 30.2 Å². The van der Waals surface area contributed by atoms with Crippen molar-refractivity contribution < 1.29 is 15.0 Å². The first-order valence-electron chi connectivity index (χ1n) is 7.69. The Balaban J connectivity index is 0.000000177. The molecule has 0 fully saturated rings. The van der Waals surface area contributed by atoms with E-state index in [4.69, 9.17) is 15.9 Å². The molecule has 4 heteroatoms. The minimum atomic E-state index is -1.41. The Morgan fingerprint density at radius 1 is 0.917 bits per heavy atom. The highest BCUT2D eigenvalue weighted by atomic mass is 16.4. The van der Waals surface area contributed by atoms with E-state index in [9.17, 15) is 4.79 Å². The third kappa shape index (κ3) is 4.41. The second-order valence-corrected chi connectivity index (χ2v) is 5.51. The smallest absolute Gasteiger partial charge is 0.337 e. The van der Waals surface area contributed by atoms with Crippen molar-refractivity contribution in [2.45, 2.75) is 19.1 Å². The highest BCUT2D eigenvalue weighted by Crippen LogP contribution is 2.22. The zero-order valence-corrected chi connectivity index (χ0v) is 13.5. The van der Waals surface area contributed by atoms with E-state index >= 15 is 0 Å². The number of aliphatic carboxylic acids is 1. The predicted molar refractivity (Wildman–Crippen MR) is 95.6 cm³/mol. The first-order valence-corrected chi connectivity index (χ1v) is 7.69. The standard InChI is InChI=1S/C12H13N.C8H8O3/c1-9(13)11-8-4-6-10-5-2-3-7-12(10)11;9-7(8(10)11)6-4-2-1-3-5-6/h2-9H,13H2,1H3;1-5,7,9H,(H,10,11)/t9-;7-/m11/s1. The summed E-state index contributed by atoms with van der Waals surface area (Å²) >= 11 is 0. The maximum Gasteiger partial charge on any atom is 0.337 e. The highest BCUT2D eigenvalue weighted by Gasteiger charge is 2.14. The second kappa shape index (κ2) is 8.24. The average Bonchev–Trinajstić information content (AvgIpc) is 2.61. The monoisotopic (exact) mass is 323 g/mol. The van der Waals surface area contributed by atoms with Crippen molar-refractivity contribution in [3.63, 3.8) is 0 Å². The van der Waals surface area contributed by atoms with E-state index in [2.05, 4.69) is 30.3 Å². The molecule has 0 radical (unpaired) electrons. The lowest BCUT2D eigenvalue weighted by atomic mass is 10.0. The third-order valence-corrected chi connectivity index (χ3v) is 3.66. The van der Waals surface area contributed by atoms with Gasteiger partial charge in [-0.2, -0.15) is 0 Å². The summed E-state index contributed by atoms with van der Waals surface area (Å²) in [7, 11) is 0. The summed E-state index contributed by atoms with van der Waals surface area (Å²) in [5, 5.41) is 19.9. The maximum atomic E-state index is 10.2. The number of carboxylic acids is 1. The van der Waals surface area contributed by atoms with Crippen molar-refractivity contribution in [2.75, 3.05) is 0 Å². The molecule has 0 aromatic heterocycles. The van der Waals surface area contributed by atoms with Crippen LogP contribution in [0.5, 0.6) is 0 Å². The van der Waals surface area contributed by atoms with Gasteiger partial charge in [-0.25, -0.2) is 4.79 Å². The molecule has 0 bridgehead atoms. The lowest BCUT2D eigenvalue weighted by Crippen LogP contribution is -2.09. The van der Waals surface area contributed by atoms with Crippen LogP contribution in [0.2, 0.25) is 0 Å². The number of nitrogens with two attached hydrogens (primary N) is 1. The lowest BCUT2D eigenvalue weighted by molar-refractivity contribution is -0.146. The van der Waals surface area contributed by atoms with Gasteiger partial charge >= 0.3 is 5.97 Å². The first kappa shape index (κ1) is 17.7. The minimum absolute atomic E-state index is 0.103. The number of benzene rings is 3. The molecule has 0 aliphatic heterocycles. The van der Waals surface area contributed by atoms with Crippen molar-refractivity contribution >= 4 is 16.7 Å². The molecule has 3 aromatic rings. The molecule has 0 saturated heterocycles. The summed E-state index contributed by atoms with van der Waals surface area (Å²) in [6.07, 6.45) is -1.41. The van der Waals surface area contributed by atoms with E-state index in [-0.39, 0.29) is 6.04 Å². The zero-order valence-electron chi connectivity index (χ0n) is 13.5. The van der Waals surface area contributed by atoms with Crippen LogP contribution < -0.4 is 5.73 Å². The molecule has 0 aliphatic rings. The van der Waals surface area contributed by atoms with Gasteiger partial charge in [0.2, 0.25) is 0 Å². The van der Waals surface area contributed by atoms with Gasteiger partial charge in [0.05, 0.1) is 0 Å². The largest absolute Gasteiger partial charge is 0.479 e. The Hall–Kier alpha value is -2.69. The topological polar surface area (TPSA) is 83.6 Å². The van der Waals surface area contributed by atoms with Gasteiger partial charge in [-0.1, -0.05) is 72.8 Å². The quantitative estimate of drug-likeness (QED) is 0.687. The van der Waals surface area contributed by atoms with Crippen molar-refractivity contribution in [1.29, 1.82) is 0 Å². The fraction of sp³-hybridized carbons (Fsp3) is 0.150. The van der Waals surface area contributed by atoms with Crippen molar-refractivity contribution in [1.82, 2.24) is 0 Å². The van der Waals surface area contributed by atoms with Crippen LogP contribution in [-0.4, -0.2) is 16.2 Å². The van der Waals surface area contributed by atoms with Crippen LogP contribution >= 0.6 is 0 Å². The Morgan fingerprint density at radius 3 is 2.12 bits per heavy atom. The van der Waals surface area contributed by atoms with E-state index in [1.165, 1.54) is 16.3 Å². The van der Waals surface area contributed by atoms with Gasteiger partial charge in [0, 0.05) is 6.04 Å². The fourth-order valence-corrected chi connectivity index (χ4v) is 2.43. The van der Waals surface area contributed by atoms with E-state index in [0.29, 0.717) is 5.56 Å². The summed E-state index contributed by atoms with van der Waals surface area (Å²) in [5.41, 5.74) is 7.50. The molecule has 0 unspecified atom stereocenters. The van der Waals surface area contributed by atoms with Gasteiger partial charge in [0.25, 0.3) is 0 Å². The fourth-order valence-electron chi connectivity index (χ4n) is 2.43. The number of rotatable bonds is 3. The average molecular weight is 323 g/mol. The molecule has 0 spiro atoms. The number of aliphatic hydroxyl groups is 1. The van der Waals surface area contributed by atoms with E-state index in [1.807, 2.05) is 19.1 Å². The molecule has 0 saturated carbocycles. The number of fused-ring (bicyclic) bond motifs is 1. The van der Waals surface area contributed by atoms with Gasteiger partial charge in [-0.15, -0.1) is 0 Å². The van der Waals surface area contributed by atoms with Crippen LogP contribution in [0, 0.1) is 0 Å². The Morgan fingerprint density at radius 2 is 1.50 bits per heavy atom. The molecule has 4 nitrogen and oxygen atoms in total. The van der Waals surface area contributed by atoms with Gasteiger partial charge in [-0.05, 0) is 28.8 Å². The molecule has 0 heterocycles. The Kier molecular flexibility index (Phi) is 6.07. The van der Waals surface area contributed by atoms with Crippen LogP contribution in [0.15, 0.2) is 72.8 Å². The van der Waals surface area contributed by atoms with Crippen LogP contribution in [0.3, 0.4) is 0 Å². The molecule has 3 aromatic carbocycles. The number of hydrogen-bond donors (Lipinski definition) is 3. The van der Waals surface area contributed by atoms with Crippen LogP contribution in [0.4, 0.5) is 0 Å². The van der Waals surface area contributed by atoms with Gasteiger partial charge < -0.3 is 15.9 Å². The molecule has 3 rings (SSSR count). The number of aliphatic hydroxyl groups excluding tert-OH is 1. The van der Waals surface area contributed by atoms with E-state index < -0.39 is 12.1 Å². The summed E-state index contributed by atoms with van der Waals surface area (Å²) in [4.78, 5) is 10.2. The first-order chi connectivity index (χ1) is 11.5. The molecule has 4 N–H and O–H groups in total. The summed E-state index contributed by atoms with van der Waals surface area (Å²) < 4.78 is 0. The summed E-state index contributed by atoms with van der Waals surface area (Å²) in [6.45, 7) is 2.02. The molecule has 24 heavy (non-hydrogen) atoms. The van der Waals surface area contributed by atoms with Crippen molar-refractivity contribution in [2.24, 2.45) is 5.73 Å². The predicted octanol–water partition coefficient (Wildman–Crippen LogP) is 3.66. The van der Waals surface area contributed by atoms with E-state index in [0.717, 1.165) is 0 Å². The maximum absolute atomic E-state index is 10.2. The molecule has 0 aliphatic carbocycles. The molecule has 124 valence electrons. The highest BCUT2D eigenvalue weighted by molar-refractivity contribution is 5.86. The molecular weight excluding hydrogens is 302 g/mol. The molecule has 2 atom stereocenters. The number of hydrogen-bond acceptors (Lipinski definition) is 3. The second-order valence-electron chi connectivity index (χ2n) is 5.51. The van der Waals surface area contributed by atoms with Crippen molar-refractivity contribution in [3.05, 3.63) is 83.9 Å². The van der Waals surface area contributed by atoms with Crippen LogP contribution in [0.25, 0.3) is 10.8 Å². The summed E-state index contributed by atoms with van der Waals surface area (Å²) in [5.74, 6) is -1.23. The van der Waals surface area contributed by atoms with E-state index in [1.54, 1.807) is 30.3 Å². The summed E-state index contributed by atoms with van der Waals surface area (Å²) in [6, 6.07) is 23.0. The van der Waals surface area contributed by atoms with Crippen molar-refractivity contribution in [3.8, 4) is 0 Å². The SMILES string of the molecule is C[C@@H](N)c1cccc2ccccc12.O=C(O)[C@H](O)c1ccccc1. The van der Waals surface area contributed by atoms with Gasteiger partial charge in [0.15, 0.2) is 6.10 Å². The number of carboxylic acid groups (broad SMARTS) is 1. The minimum Gasteiger partial charge on any atom is -0.479 e. The lowest BCUT2D eigenvalue weighted by Gasteiger charge is -2.09. The number of carbonyl (C=O) groups is 1. The third-order valence-electron chi connectivity index (χ3n) is 3.66. The molecular formula is C20H21NO3. The Bertz CT molecular complexity index is 795. The zero-order chi connectivity index (χ0) is 17.5. The molecule has 0 amide bonds. The van der Waals surface area contributed by atoms with Gasteiger partial charge in [-0.3, -0.25) is 0 Å². The normalized spacial score (nSPS) is 12.8. The Labute approximate surface area is 141 Å². The van der Waals surface area contributed by atoms with Crippen LogP contribution in [-0.2, 0) is 4.79 Å².